The number of sulfonamides is 1. The largest absolute Gasteiger partial charge is 0.384 e. The maximum Gasteiger partial charge on any atom is 0.243 e. The van der Waals surface area contributed by atoms with Crippen molar-refractivity contribution in [3.63, 3.8) is 0 Å². The van der Waals surface area contributed by atoms with Crippen molar-refractivity contribution in [2.24, 2.45) is 0 Å². The SMILES string of the molecule is CNC(=O)CN(C)S(=O)(=O)c1cc(C#CCO)ccc1C. The quantitative estimate of drug-likeness (QED) is 0.748. The fraction of sp³-hybridized carbons (Fsp3) is 0.357. The van der Waals surface area contributed by atoms with Crippen LogP contribution in [0.2, 0.25) is 0 Å². The Balaban J connectivity index is 3.21. The van der Waals surface area contributed by atoms with Gasteiger partial charge in [-0.15, -0.1) is 0 Å². The van der Waals surface area contributed by atoms with Crippen molar-refractivity contribution < 1.29 is 18.3 Å². The maximum absolute atomic E-state index is 12.5. The van der Waals surface area contributed by atoms with E-state index in [0.29, 0.717) is 11.1 Å². The summed E-state index contributed by atoms with van der Waals surface area (Å²) < 4.78 is 25.9. The van der Waals surface area contributed by atoms with Crippen molar-refractivity contribution in [2.75, 3.05) is 27.2 Å². The maximum atomic E-state index is 12.5. The summed E-state index contributed by atoms with van der Waals surface area (Å²) in [6.45, 7) is 1.11. The molecule has 0 spiro atoms. The van der Waals surface area contributed by atoms with Crippen LogP contribution in [0.3, 0.4) is 0 Å². The van der Waals surface area contributed by atoms with Gasteiger partial charge in [-0.25, -0.2) is 8.42 Å². The molecule has 1 rings (SSSR count). The summed E-state index contributed by atoms with van der Waals surface area (Å²) in [7, 11) is -0.993. The van der Waals surface area contributed by atoms with Crippen LogP contribution < -0.4 is 5.32 Å². The van der Waals surface area contributed by atoms with Crippen LogP contribution in [-0.4, -0.2) is 51.0 Å². The van der Waals surface area contributed by atoms with Crippen molar-refractivity contribution >= 4 is 15.9 Å². The van der Waals surface area contributed by atoms with E-state index < -0.39 is 15.9 Å². The van der Waals surface area contributed by atoms with E-state index in [1.807, 2.05) is 0 Å². The monoisotopic (exact) mass is 310 g/mol. The molecular formula is C14H18N2O4S. The predicted octanol–water partition coefficient (Wildman–Crippen LogP) is -0.295. The average Bonchev–Trinajstić information content (AvgIpc) is 2.45. The van der Waals surface area contributed by atoms with Crippen molar-refractivity contribution in [3.8, 4) is 11.8 Å². The summed E-state index contributed by atoms with van der Waals surface area (Å²) in [4.78, 5) is 11.4. The first-order valence-corrected chi connectivity index (χ1v) is 7.64. The number of amides is 1. The lowest BCUT2D eigenvalue weighted by Gasteiger charge is -2.17. The topological polar surface area (TPSA) is 86.7 Å². The Morgan fingerprint density at radius 3 is 2.67 bits per heavy atom. The number of carbonyl (C=O) groups is 1. The molecule has 1 amide bonds. The highest BCUT2D eigenvalue weighted by atomic mass is 32.2. The Morgan fingerprint density at radius 1 is 1.43 bits per heavy atom. The van der Waals surface area contributed by atoms with Gasteiger partial charge in [0.2, 0.25) is 15.9 Å². The molecule has 0 aromatic heterocycles. The van der Waals surface area contributed by atoms with Crippen LogP contribution in [0.5, 0.6) is 0 Å². The number of benzene rings is 1. The number of carbonyl (C=O) groups excluding carboxylic acids is 1. The smallest absolute Gasteiger partial charge is 0.243 e. The average molecular weight is 310 g/mol. The Bertz CT molecular complexity index is 687. The fourth-order valence-electron chi connectivity index (χ4n) is 1.63. The molecule has 0 aliphatic rings. The highest BCUT2D eigenvalue weighted by molar-refractivity contribution is 7.89. The van der Waals surface area contributed by atoms with Gasteiger partial charge in [0.15, 0.2) is 0 Å². The van der Waals surface area contributed by atoms with Gasteiger partial charge in [-0.05, 0) is 24.6 Å². The van der Waals surface area contributed by atoms with E-state index in [2.05, 4.69) is 17.2 Å². The third-order valence-corrected chi connectivity index (χ3v) is 4.78. The number of aryl methyl sites for hydroxylation is 1. The van der Waals surface area contributed by atoms with Crippen LogP contribution in [0.4, 0.5) is 0 Å². The first-order valence-electron chi connectivity index (χ1n) is 6.20. The second-order valence-electron chi connectivity index (χ2n) is 4.37. The van der Waals surface area contributed by atoms with E-state index in [0.717, 1.165) is 4.31 Å². The van der Waals surface area contributed by atoms with Crippen LogP contribution in [0.15, 0.2) is 23.1 Å². The minimum Gasteiger partial charge on any atom is -0.384 e. The van der Waals surface area contributed by atoms with Gasteiger partial charge in [-0.1, -0.05) is 17.9 Å². The molecular weight excluding hydrogens is 292 g/mol. The van der Waals surface area contributed by atoms with Crippen molar-refractivity contribution in [1.29, 1.82) is 0 Å². The molecule has 114 valence electrons. The van der Waals surface area contributed by atoms with Crippen molar-refractivity contribution in [1.82, 2.24) is 9.62 Å². The van der Waals surface area contributed by atoms with Crippen molar-refractivity contribution in [2.45, 2.75) is 11.8 Å². The van der Waals surface area contributed by atoms with Gasteiger partial charge in [0.05, 0.1) is 11.4 Å². The summed E-state index contributed by atoms with van der Waals surface area (Å²) in [5.41, 5.74) is 1.05. The summed E-state index contributed by atoms with van der Waals surface area (Å²) in [6.07, 6.45) is 0. The number of rotatable bonds is 4. The standard InChI is InChI=1S/C14H18N2O4S/c1-11-6-7-12(5-4-8-17)9-13(11)21(19,20)16(3)10-14(18)15-2/h6-7,9,17H,8,10H2,1-3H3,(H,15,18). The molecule has 0 saturated carbocycles. The summed E-state index contributed by atoms with van der Waals surface area (Å²) in [5.74, 6) is 4.74. The van der Waals surface area contributed by atoms with Gasteiger partial charge in [0, 0.05) is 19.7 Å². The second kappa shape index (κ2) is 7.22. The Hall–Kier alpha value is -1.88. The lowest BCUT2D eigenvalue weighted by Crippen LogP contribution is -2.37. The number of hydrogen-bond donors (Lipinski definition) is 2. The van der Waals surface area contributed by atoms with Gasteiger partial charge >= 0.3 is 0 Å². The van der Waals surface area contributed by atoms with Gasteiger partial charge < -0.3 is 10.4 Å². The first-order chi connectivity index (χ1) is 9.82. The summed E-state index contributed by atoms with van der Waals surface area (Å²) in [6, 6.07) is 4.76. The number of nitrogens with one attached hydrogen (secondary N) is 1. The molecule has 0 radical (unpaired) electrons. The zero-order chi connectivity index (χ0) is 16.0. The fourth-order valence-corrected chi connectivity index (χ4v) is 3.01. The van der Waals surface area contributed by atoms with E-state index in [4.69, 9.17) is 5.11 Å². The summed E-state index contributed by atoms with van der Waals surface area (Å²) in [5, 5.41) is 11.1. The van der Waals surface area contributed by atoms with Gasteiger partial charge in [-0.2, -0.15) is 4.31 Å². The van der Waals surface area contributed by atoms with Crippen molar-refractivity contribution in [3.05, 3.63) is 29.3 Å². The van der Waals surface area contributed by atoms with E-state index in [1.54, 1.807) is 19.1 Å². The molecule has 0 saturated heterocycles. The van der Waals surface area contributed by atoms with E-state index in [1.165, 1.54) is 20.2 Å². The molecule has 1 aromatic carbocycles. The van der Waals surface area contributed by atoms with Crippen LogP contribution >= 0.6 is 0 Å². The molecule has 6 nitrogen and oxygen atoms in total. The number of aliphatic hydroxyl groups is 1. The highest BCUT2D eigenvalue weighted by Crippen LogP contribution is 2.20. The molecule has 0 bridgehead atoms. The number of likely N-dealkylation sites (N-methyl/N-ethyl adjacent to an activating group) is 2. The number of nitrogens with zero attached hydrogens (tertiary/aromatic N) is 1. The van der Waals surface area contributed by atoms with E-state index in [9.17, 15) is 13.2 Å². The molecule has 7 heteroatoms. The van der Waals surface area contributed by atoms with Gasteiger partial charge in [-0.3, -0.25) is 4.79 Å². The zero-order valence-electron chi connectivity index (χ0n) is 12.2. The third kappa shape index (κ3) is 4.29. The van der Waals surface area contributed by atoms with Crippen LogP contribution in [0.1, 0.15) is 11.1 Å². The molecule has 0 aliphatic heterocycles. The van der Waals surface area contributed by atoms with Gasteiger partial charge in [0.25, 0.3) is 0 Å². The minimum absolute atomic E-state index is 0.0960. The lowest BCUT2D eigenvalue weighted by atomic mass is 10.1. The van der Waals surface area contributed by atoms with Crippen LogP contribution in [-0.2, 0) is 14.8 Å². The molecule has 1 aromatic rings. The first kappa shape index (κ1) is 17.2. The second-order valence-corrected chi connectivity index (χ2v) is 6.39. The zero-order valence-corrected chi connectivity index (χ0v) is 13.0. The molecule has 0 fully saturated rings. The molecule has 21 heavy (non-hydrogen) atoms. The van der Waals surface area contributed by atoms with Crippen LogP contribution in [0.25, 0.3) is 0 Å². The molecule has 0 aliphatic carbocycles. The number of hydrogen-bond acceptors (Lipinski definition) is 4. The molecule has 0 heterocycles. The van der Waals surface area contributed by atoms with Crippen LogP contribution in [0, 0.1) is 18.8 Å². The molecule has 0 unspecified atom stereocenters. The Morgan fingerprint density at radius 2 is 2.10 bits per heavy atom. The minimum atomic E-state index is -3.78. The lowest BCUT2D eigenvalue weighted by molar-refractivity contribution is -0.120. The third-order valence-electron chi connectivity index (χ3n) is 2.83. The number of aliphatic hydroxyl groups excluding tert-OH is 1. The summed E-state index contributed by atoms with van der Waals surface area (Å²) >= 11 is 0. The van der Waals surface area contributed by atoms with Gasteiger partial charge in [0.1, 0.15) is 6.61 Å². The normalized spacial score (nSPS) is 10.9. The van der Waals surface area contributed by atoms with E-state index in [-0.39, 0.29) is 18.0 Å². The predicted molar refractivity (Wildman–Crippen MR) is 79.0 cm³/mol. The Labute approximate surface area is 124 Å². The van der Waals surface area contributed by atoms with E-state index >= 15 is 0 Å². The highest BCUT2D eigenvalue weighted by Gasteiger charge is 2.24. The molecule has 0 atom stereocenters. The Kier molecular flexibility index (Phi) is 5.90. The molecule has 2 N–H and O–H groups in total.